The molecule has 31 heavy (non-hydrogen) atoms. The first-order valence-corrected chi connectivity index (χ1v) is 11.3. The van der Waals surface area contributed by atoms with Crippen molar-refractivity contribution < 1.29 is 17.2 Å². The number of halogens is 2. The van der Waals surface area contributed by atoms with Crippen LogP contribution in [0.25, 0.3) is 11.1 Å². The molecule has 3 rings (SSSR count). The predicted molar refractivity (Wildman–Crippen MR) is 115 cm³/mol. The van der Waals surface area contributed by atoms with Crippen LogP contribution in [0.15, 0.2) is 42.9 Å². The van der Waals surface area contributed by atoms with Crippen molar-refractivity contribution in [2.75, 3.05) is 11.6 Å². The minimum absolute atomic E-state index is 0.0821. The van der Waals surface area contributed by atoms with Crippen LogP contribution >= 0.6 is 0 Å². The summed E-state index contributed by atoms with van der Waals surface area (Å²) in [6.07, 6.45) is 3.22. The van der Waals surface area contributed by atoms with E-state index in [4.69, 9.17) is 0 Å². The topological polar surface area (TPSA) is 102 Å². The molecule has 0 radical (unpaired) electrons. The quantitative estimate of drug-likeness (QED) is 0.543. The summed E-state index contributed by atoms with van der Waals surface area (Å²) in [5.41, 5.74) is 2.20. The highest BCUT2D eigenvalue weighted by Gasteiger charge is 2.23. The van der Waals surface area contributed by atoms with Crippen molar-refractivity contribution in [2.45, 2.75) is 39.3 Å². The Balaban J connectivity index is 1.82. The lowest BCUT2D eigenvalue weighted by molar-refractivity contribution is 0.146. The van der Waals surface area contributed by atoms with E-state index in [1.165, 1.54) is 12.3 Å². The van der Waals surface area contributed by atoms with Gasteiger partial charge in [0.15, 0.2) is 0 Å². The zero-order chi connectivity index (χ0) is 22.8. The van der Waals surface area contributed by atoms with Gasteiger partial charge < -0.3 is 5.32 Å². The first-order valence-electron chi connectivity index (χ1n) is 9.42. The number of aromatic nitrogens is 4. The summed E-state index contributed by atoms with van der Waals surface area (Å²) >= 11 is 0. The van der Waals surface area contributed by atoms with Gasteiger partial charge in [-0.3, -0.25) is 4.68 Å². The predicted octanol–water partition coefficient (Wildman–Crippen LogP) is 3.66. The number of nitrogens with zero attached hydrogens (tertiary/aromatic N) is 4. The molecule has 0 saturated heterocycles. The second kappa shape index (κ2) is 8.67. The summed E-state index contributed by atoms with van der Waals surface area (Å²) in [4.78, 5) is 7.82. The number of nitrogens with one attached hydrogen (secondary N) is 2. The average molecular weight is 451 g/mol. The number of benzene rings is 1. The van der Waals surface area contributed by atoms with E-state index in [0.717, 1.165) is 22.9 Å². The molecule has 0 saturated carbocycles. The van der Waals surface area contributed by atoms with Crippen molar-refractivity contribution in [1.29, 1.82) is 0 Å². The average Bonchev–Trinajstić information content (AvgIpc) is 3.07. The third-order valence-electron chi connectivity index (χ3n) is 4.22. The Labute approximate surface area is 179 Å². The van der Waals surface area contributed by atoms with Crippen LogP contribution in [0.3, 0.4) is 0 Å². The minimum Gasteiger partial charge on any atom is -0.324 e. The first-order chi connectivity index (χ1) is 14.4. The molecule has 0 bridgehead atoms. The molecular formula is C20H24F2N6O2S. The molecule has 0 fully saturated rings. The Morgan fingerprint density at radius 3 is 2.61 bits per heavy atom. The van der Waals surface area contributed by atoms with Gasteiger partial charge in [-0.25, -0.2) is 31.9 Å². The van der Waals surface area contributed by atoms with Crippen molar-refractivity contribution in [3.05, 3.63) is 54.1 Å². The van der Waals surface area contributed by atoms with Crippen LogP contribution in [-0.4, -0.2) is 40.0 Å². The van der Waals surface area contributed by atoms with Crippen LogP contribution < -0.4 is 10.0 Å². The van der Waals surface area contributed by atoms with Crippen LogP contribution in [0.1, 0.15) is 31.5 Å². The van der Waals surface area contributed by atoms with Gasteiger partial charge in [0.25, 0.3) is 6.43 Å². The molecular weight excluding hydrogens is 426 g/mol. The fourth-order valence-corrected chi connectivity index (χ4v) is 4.31. The number of sulfonamides is 1. The molecule has 2 N–H and O–H groups in total. The smallest absolute Gasteiger partial charge is 0.280 e. The Bertz CT molecular complexity index is 1180. The van der Waals surface area contributed by atoms with E-state index in [-0.39, 0.29) is 11.6 Å². The molecule has 0 spiro atoms. The number of alkyl halides is 2. The number of aryl methyl sites for hydroxylation is 1. The second-order valence-electron chi connectivity index (χ2n) is 8.00. The van der Waals surface area contributed by atoms with Crippen LogP contribution in [0, 0.1) is 6.92 Å². The molecule has 0 aliphatic rings. The van der Waals surface area contributed by atoms with E-state index in [1.54, 1.807) is 24.7 Å². The highest BCUT2D eigenvalue weighted by molar-refractivity contribution is 7.88. The number of hydrogen-bond acceptors (Lipinski definition) is 6. The third kappa shape index (κ3) is 6.53. The van der Waals surface area contributed by atoms with E-state index in [0.29, 0.717) is 12.2 Å². The molecule has 1 aromatic carbocycles. The highest BCUT2D eigenvalue weighted by Crippen LogP contribution is 2.26. The zero-order valence-electron chi connectivity index (χ0n) is 17.6. The fourth-order valence-electron chi connectivity index (χ4n) is 3.24. The maximum Gasteiger partial charge on any atom is 0.280 e. The number of anilines is 2. The molecule has 11 heteroatoms. The van der Waals surface area contributed by atoms with Crippen LogP contribution in [-0.2, 0) is 16.6 Å². The molecule has 0 aliphatic heterocycles. The van der Waals surface area contributed by atoms with Gasteiger partial charge in [0.2, 0.25) is 16.0 Å². The maximum absolute atomic E-state index is 12.9. The van der Waals surface area contributed by atoms with E-state index in [1.807, 2.05) is 31.3 Å². The molecule has 0 amide bonds. The van der Waals surface area contributed by atoms with Gasteiger partial charge in [-0.05, 0) is 50.1 Å². The van der Waals surface area contributed by atoms with Crippen molar-refractivity contribution in [3.63, 3.8) is 0 Å². The molecule has 0 atom stereocenters. The summed E-state index contributed by atoms with van der Waals surface area (Å²) in [7, 11) is -3.35. The Morgan fingerprint density at radius 2 is 1.94 bits per heavy atom. The lowest BCUT2D eigenvalue weighted by Gasteiger charge is -2.24. The van der Waals surface area contributed by atoms with Gasteiger partial charge in [0.05, 0.1) is 19.0 Å². The summed E-state index contributed by atoms with van der Waals surface area (Å²) in [5, 5.41) is 7.30. The van der Waals surface area contributed by atoms with Crippen molar-refractivity contribution >= 4 is 21.7 Å². The van der Waals surface area contributed by atoms with Gasteiger partial charge in [-0.1, -0.05) is 6.07 Å². The zero-order valence-corrected chi connectivity index (χ0v) is 18.4. The molecule has 2 heterocycles. The summed E-state index contributed by atoms with van der Waals surface area (Å²) in [6.45, 7) is 5.80. The molecule has 3 aromatic rings. The molecule has 0 unspecified atom stereocenters. The second-order valence-corrected chi connectivity index (χ2v) is 9.75. The normalized spacial score (nSPS) is 12.4. The Kier molecular flexibility index (Phi) is 6.37. The van der Waals surface area contributed by atoms with Gasteiger partial charge in [0, 0.05) is 29.2 Å². The summed E-state index contributed by atoms with van der Waals surface area (Å²) in [5.74, 6) is 0.0821. The van der Waals surface area contributed by atoms with Crippen LogP contribution in [0.2, 0.25) is 0 Å². The largest absolute Gasteiger partial charge is 0.324 e. The molecule has 2 aromatic heterocycles. The molecule has 8 nitrogen and oxygen atoms in total. The maximum atomic E-state index is 12.9. The van der Waals surface area contributed by atoms with E-state index >= 15 is 0 Å². The first kappa shape index (κ1) is 22.8. The van der Waals surface area contributed by atoms with Crippen molar-refractivity contribution in [1.82, 2.24) is 24.5 Å². The van der Waals surface area contributed by atoms with E-state index in [2.05, 4.69) is 25.1 Å². The number of rotatable bonds is 8. The SMILES string of the molecule is Cc1cc(Nc2nccc(C(F)F)n2)cc(-c2cnn(CC(C)(C)NS(C)(=O)=O)c2)c1. The highest BCUT2D eigenvalue weighted by atomic mass is 32.2. The molecule has 166 valence electrons. The minimum atomic E-state index is -3.35. The van der Waals surface area contributed by atoms with E-state index in [9.17, 15) is 17.2 Å². The van der Waals surface area contributed by atoms with Gasteiger partial charge in [-0.15, -0.1) is 0 Å². The summed E-state index contributed by atoms with van der Waals surface area (Å²) in [6, 6.07) is 6.83. The Morgan fingerprint density at radius 1 is 1.19 bits per heavy atom. The Hall–Kier alpha value is -2.92. The van der Waals surface area contributed by atoms with Crippen LogP contribution in [0.4, 0.5) is 20.4 Å². The van der Waals surface area contributed by atoms with Crippen molar-refractivity contribution in [2.24, 2.45) is 0 Å². The number of hydrogen-bond donors (Lipinski definition) is 2. The van der Waals surface area contributed by atoms with Gasteiger partial charge >= 0.3 is 0 Å². The molecule has 0 aliphatic carbocycles. The summed E-state index contributed by atoms with van der Waals surface area (Å²) < 4.78 is 53.1. The van der Waals surface area contributed by atoms with Gasteiger partial charge in [-0.2, -0.15) is 5.10 Å². The van der Waals surface area contributed by atoms with Gasteiger partial charge in [0.1, 0.15) is 5.69 Å². The lowest BCUT2D eigenvalue weighted by atomic mass is 10.1. The fraction of sp³-hybridized carbons (Fsp3) is 0.350. The lowest BCUT2D eigenvalue weighted by Crippen LogP contribution is -2.46. The third-order valence-corrected chi connectivity index (χ3v) is 5.14. The monoisotopic (exact) mass is 450 g/mol. The standard InChI is InChI=1S/C20H24F2N6O2S/c1-13-7-14(9-16(8-13)25-19-23-6-5-17(26-19)18(21)22)15-10-24-28(11-15)12-20(2,3)27-31(4,29)30/h5-11,18,27H,12H2,1-4H3,(H,23,25,26). The van der Waals surface area contributed by atoms with Crippen LogP contribution in [0.5, 0.6) is 0 Å². The van der Waals surface area contributed by atoms with E-state index < -0.39 is 22.0 Å². The van der Waals surface area contributed by atoms with Crippen molar-refractivity contribution in [3.8, 4) is 11.1 Å².